The van der Waals surface area contributed by atoms with Gasteiger partial charge in [0.1, 0.15) is 6.04 Å². The first-order valence-electron chi connectivity index (χ1n) is 7.98. The molecular formula is C19H22ClN2O3+. The number of quaternary nitrogens is 1. The predicted molar refractivity (Wildman–Crippen MR) is 97.8 cm³/mol. The summed E-state index contributed by atoms with van der Waals surface area (Å²) in [5.41, 5.74) is 2.95. The van der Waals surface area contributed by atoms with E-state index in [1.54, 1.807) is 18.2 Å². The van der Waals surface area contributed by atoms with Gasteiger partial charge in [0.2, 0.25) is 0 Å². The smallest absolute Gasteiger partial charge is 0.337 e. The average Bonchev–Trinajstić information content (AvgIpc) is 2.60. The summed E-state index contributed by atoms with van der Waals surface area (Å²) in [7, 11) is 1.33. The first-order valence-corrected chi connectivity index (χ1v) is 8.36. The maximum absolute atomic E-state index is 12.2. The predicted octanol–water partition coefficient (Wildman–Crippen LogP) is 2.70. The van der Waals surface area contributed by atoms with Crippen molar-refractivity contribution in [3.63, 3.8) is 0 Å². The maximum Gasteiger partial charge on any atom is 0.337 e. The molecule has 0 aliphatic heterocycles. The summed E-state index contributed by atoms with van der Waals surface area (Å²) in [6.07, 6.45) is 0. The number of halogens is 1. The lowest BCUT2D eigenvalue weighted by atomic mass is 10.1. The van der Waals surface area contributed by atoms with Crippen LogP contribution in [-0.4, -0.2) is 25.5 Å². The molecule has 2 aromatic rings. The Bertz CT molecular complexity index is 777. The van der Waals surface area contributed by atoms with Gasteiger partial charge in [-0.15, -0.1) is 0 Å². The van der Waals surface area contributed by atoms with Crippen molar-refractivity contribution in [3.05, 3.63) is 64.2 Å². The van der Waals surface area contributed by atoms with E-state index >= 15 is 0 Å². The molecule has 3 N–H and O–H groups in total. The van der Waals surface area contributed by atoms with Crippen LogP contribution in [0.1, 0.15) is 34.5 Å². The molecule has 6 heteroatoms. The van der Waals surface area contributed by atoms with E-state index in [1.165, 1.54) is 7.11 Å². The minimum absolute atomic E-state index is 0.104. The quantitative estimate of drug-likeness (QED) is 0.777. The Morgan fingerprint density at radius 1 is 1.24 bits per heavy atom. The number of esters is 1. The Hall–Kier alpha value is -2.37. The lowest BCUT2D eigenvalue weighted by Crippen LogP contribution is -2.86. The Balaban J connectivity index is 1.97. The zero-order valence-corrected chi connectivity index (χ0v) is 15.3. The van der Waals surface area contributed by atoms with Gasteiger partial charge in [0.05, 0.1) is 12.7 Å². The molecule has 0 heterocycles. The molecule has 2 rings (SSSR count). The van der Waals surface area contributed by atoms with Crippen molar-refractivity contribution >= 4 is 29.2 Å². The zero-order valence-electron chi connectivity index (χ0n) is 14.5. The lowest BCUT2D eigenvalue weighted by molar-refractivity contribution is -0.682. The highest BCUT2D eigenvalue weighted by Crippen LogP contribution is 2.17. The molecule has 0 unspecified atom stereocenters. The van der Waals surface area contributed by atoms with E-state index in [9.17, 15) is 9.59 Å². The van der Waals surface area contributed by atoms with Crippen LogP contribution in [0.4, 0.5) is 5.69 Å². The lowest BCUT2D eigenvalue weighted by Gasteiger charge is -2.13. The van der Waals surface area contributed by atoms with Crippen molar-refractivity contribution in [1.29, 1.82) is 0 Å². The fourth-order valence-corrected chi connectivity index (χ4v) is 2.61. The second-order valence-electron chi connectivity index (χ2n) is 5.85. The summed E-state index contributed by atoms with van der Waals surface area (Å²) in [6.45, 7) is 4.15. The molecule has 0 aliphatic rings. The monoisotopic (exact) mass is 361 g/mol. The van der Waals surface area contributed by atoms with Gasteiger partial charge in [-0.1, -0.05) is 29.8 Å². The van der Waals surface area contributed by atoms with Gasteiger partial charge < -0.3 is 15.4 Å². The Labute approximate surface area is 152 Å². The Kier molecular flexibility index (Phi) is 6.56. The third kappa shape index (κ3) is 5.31. The molecule has 0 saturated carbocycles. The molecule has 0 aromatic heterocycles. The van der Waals surface area contributed by atoms with Crippen molar-refractivity contribution in [2.75, 3.05) is 19.0 Å². The number of nitrogens with one attached hydrogen (secondary N) is 1. The fourth-order valence-electron chi connectivity index (χ4n) is 2.41. The number of hydrogen-bond acceptors (Lipinski definition) is 3. The van der Waals surface area contributed by atoms with Crippen molar-refractivity contribution in [2.45, 2.75) is 19.9 Å². The van der Waals surface area contributed by atoms with Crippen LogP contribution in [0.2, 0.25) is 5.02 Å². The highest BCUT2D eigenvalue weighted by Gasteiger charge is 2.14. The van der Waals surface area contributed by atoms with Gasteiger partial charge >= 0.3 is 5.97 Å². The molecule has 0 saturated heterocycles. The number of hydrogen-bond donors (Lipinski definition) is 2. The van der Waals surface area contributed by atoms with E-state index in [1.807, 2.05) is 43.4 Å². The highest BCUT2D eigenvalue weighted by atomic mass is 35.5. The van der Waals surface area contributed by atoms with Crippen LogP contribution in [0.5, 0.6) is 0 Å². The Morgan fingerprint density at radius 3 is 2.68 bits per heavy atom. The number of rotatable bonds is 6. The number of carbonyl (C=O) groups excluding carboxylic acids is 2. The number of amides is 1. The molecule has 0 bridgehead atoms. The molecule has 132 valence electrons. The molecule has 1 amide bonds. The first kappa shape index (κ1) is 19.0. The van der Waals surface area contributed by atoms with Crippen LogP contribution in [0, 0.1) is 6.92 Å². The molecule has 2 aromatic carbocycles. The van der Waals surface area contributed by atoms with Crippen molar-refractivity contribution in [1.82, 2.24) is 0 Å². The summed E-state index contributed by atoms with van der Waals surface area (Å²) in [5, 5.41) is 5.45. The number of aryl methyl sites for hydroxylation is 1. The van der Waals surface area contributed by atoms with E-state index in [2.05, 4.69) is 5.32 Å². The van der Waals surface area contributed by atoms with E-state index < -0.39 is 5.97 Å². The van der Waals surface area contributed by atoms with Crippen LogP contribution in [-0.2, 0) is 9.53 Å². The third-order valence-corrected chi connectivity index (χ3v) is 4.20. The molecule has 0 radical (unpaired) electrons. The van der Waals surface area contributed by atoms with Crippen molar-refractivity contribution in [2.24, 2.45) is 0 Å². The molecule has 0 aliphatic carbocycles. The standard InChI is InChI=1S/C19H21ClN2O3/c1-12-7-8-15(19(24)25-3)10-17(12)22-18(23)11-21-13(2)14-5-4-6-16(20)9-14/h4-10,13,21H,11H2,1-3H3,(H,22,23)/p+1/t13-/m0/s1. The fraction of sp³-hybridized carbons (Fsp3) is 0.263. The maximum atomic E-state index is 12.2. The van der Waals surface area contributed by atoms with Crippen LogP contribution in [0.3, 0.4) is 0 Å². The summed E-state index contributed by atoms with van der Waals surface area (Å²) in [4.78, 5) is 23.8. The van der Waals surface area contributed by atoms with E-state index in [4.69, 9.17) is 16.3 Å². The van der Waals surface area contributed by atoms with Gasteiger partial charge in [0.25, 0.3) is 5.91 Å². The number of benzene rings is 2. The minimum atomic E-state index is -0.434. The van der Waals surface area contributed by atoms with Crippen LogP contribution < -0.4 is 10.6 Å². The van der Waals surface area contributed by atoms with Crippen LogP contribution >= 0.6 is 11.6 Å². The van der Waals surface area contributed by atoms with Gasteiger partial charge in [-0.3, -0.25) is 4.79 Å². The second-order valence-corrected chi connectivity index (χ2v) is 6.29. The number of ether oxygens (including phenoxy) is 1. The van der Waals surface area contributed by atoms with Gasteiger partial charge in [-0.05, 0) is 43.7 Å². The second kappa shape index (κ2) is 8.65. The van der Waals surface area contributed by atoms with E-state index in [-0.39, 0.29) is 18.5 Å². The topological polar surface area (TPSA) is 72.0 Å². The SMILES string of the molecule is COC(=O)c1ccc(C)c(NC(=O)C[NH2+][C@@H](C)c2cccc(Cl)c2)c1. The zero-order chi connectivity index (χ0) is 18.4. The van der Waals surface area contributed by atoms with Gasteiger partial charge in [-0.2, -0.15) is 0 Å². The molecular weight excluding hydrogens is 340 g/mol. The summed E-state index contributed by atoms with van der Waals surface area (Å²) >= 11 is 6.00. The molecule has 0 fully saturated rings. The number of nitrogens with two attached hydrogens (primary N) is 1. The Morgan fingerprint density at radius 2 is 2.00 bits per heavy atom. The highest BCUT2D eigenvalue weighted by molar-refractivity contribution is 6.30. The van der Waals surface area contributed by atoms with Crippen molar-refractivity contribution < 1.29 is 19.6 Å². The summed E-state index contributed by atoms with van der Waals surface area (Å²) < 4.78 is 4.71. The van der Waals surface area contributed by atoms with Crippen LogP contribution in [0.15, 0.2) is 42.5 Å². The summed E-state index contributed by atoms with van der Waals surface area (Å²) in [6, 6.07) is 12.8. The molecule has 0 spiro atoms. The third-order valence-electron chi connectivity index (χ3n) is 3.96. The van der Waals surface area contributed by atoms with Gasteiger partial charge in [-0.25, -0.2) is 4.79 Å². The normalized spacial score (nSPS) is 11.7. The summed E-state index contributed by atoms with van der Waals surface area (Å²) in [5.74, 6) is -0.573. The van der Waals surface area contributed by atoms with Gasteiger partial charge in [0.15, 0.2) is 6.54 Å². The number of carbonyl (C=O) groups is 2. The molecule has 25 heavy (non-hydrogen) atoms. The largest absolute Gasteiger partial charge is 0.465 e. The number of anilines is 1. The average molecular weight is 362 g/mol. The van der Waals surface area contributed by atoms with E-state index in [0.717, 1.165) is 11.1 Å². The molecule has 1 atom stereocenters. The minimum Gasteiger partial charge on any atom is -0.465 e. The van der Waals surface area contributed by atoms with Crippen molar-refractivity contribution in [3.8, 4) is 0 Å². The molecule has 5 nitrogen and oxygen atoms in total. The van der Waals surface area contributed by atoms with Crippen LogP contribution in [0.25, 0.3) is 0 Å². The van der Waals surface area contributed by atoms with E-state index in [0.29, 0.717) is 16.3 Å². The van der Waals surface area contributed by atoms with Gasteiger partial charge in [0, 0.05) is 16.3 Å². The first-order chi connectivity index (χ1) is 11.9. The number of methoxy groups -OCH3 is 1.